The molecule has 5 nitrogen and oxygen atoms in total. The second-order valence-corrected chi connectivity index (χ2v) is 6.51. The van der Waals surface area contributed by atoms with Crippen molar-refractivity contribution in [1.82, 2.24) is 5.32 Å². The van der Waals surface area contributed by atoms with Crippen LogP contribution in [0.1, 0.15) is 36.7 Å². The van der Waals surface area contributed by atoms with E-state index in [1.54, 1.807) is 24.3 Å². The van der Waals surface area contributed by atoms with Gasteiger partial charge >= 0.3 is 0 Å². The number of hydrogen-bond acceptors (Lipinski definition) is 3. The van der Waals surface area contributed by atoms with Crippen LogP contribution in [0, 0.1) is 12.8 Å². The summed E-state index contributed by atoms with van der Waals surface area (Å²) in [5, 5.41) is 5.70. The molecule has 0 fully saturated rings. The Labute approximate surface area is 154 Å². The van der Waals surface area contributed by atoms with Crippen molar-refractivity contribution in [3.63, 3.8) is 0 Å². The number of benzene rings is 2. The maximum absolute atomic E-state index is 12.6. The SMILES string of the molecule is CCOc1ccc(C(=O)NC(C(=O)Nc2cccc(C)c2)C(C)C)cc1. The first kappa shape index (κ1) is 19.5. The standard InChI is InChI=1S/C21H26N2O3/c1-5-26-18-11-9-16(10-12-18)20(24)23-19(14(2)3)21(25)22-17-8-6-7-15(4)13-17/h6-14,19H,5H2,1-4H3,(H,22,25)(H,23,24). The molecule has 5 heteroatoms. The van der Waals surface area contributed by atoms with E-state index in [2.05, 4.69) is 10.6 Å². The lowest BCUT2D eigenvalue weighted by molar-refractivity contribution is -0.118. The second-order valence-electron chi connectivity index (χ2n) is 6.51. The maximum atomic E-state index is 12.6. The minimum Gasteiger partial charge on any atom is -0.494 e. The zero-order valence-corrected chi connectivity index (χ0v) is 15.7. The van der Waals surface area contributed by atoms with Gasteiger partial charge in [0.25, 0.3) is 5.91 Å². The molecule has 2 rings (SSSR count). The smallest absolute Gasteiger partial charge is 0.251 e. The number of anilines is 1. The first-order chi connectivity index (χ1) is 12.4. The Bertz CT molecular complexity index is 754. The highest BCUT2D eigenvalue weighted by atomic mass is 16.5. The largest absolute Gasteiger partial charge is 0.494 e. The summed E-state index contributed by atoms with van der Waals surface area (Å²) < 4.78 is 5.38. The molecular formula is C21H26N2O3. The van der Waals surface area contributed by atoms with Crippen molar-refractivity contribution in [2.45, 2.75) is 33.7 Å². The third-order valence-electron chi connectivity index (χ3n) is 3.95. The zero-order valence-electron chi connectivity index (χ0n) is 15.7. The molecule has 0 aromatic heterocycles. The number of rotatable bonds is 7. The average Bonchev–Trinajstić information content (AvgIpc) is 2.60. The van der Waals surface area contributed by atoms with E-state index in [4.69, 9.17) is 4.74 Å². The Morgan fingerprint density at radius 1 is 1.08 bits per heavy atom. The highest BCUT2D eigenvalue weighted by Crippen LogP contribution is 2.14. The van der Waals surface area contributed by atoms with Gasteiger partial charge in [-0.25, -0.2) is 0 Å². The Hall–Kier alpha value is -2.82. The molecule has 1 atom stereocenters. The topological polar surface area (TPSA) is 67.4 Å². The monoisotopic (exact) mass is 354 g/mol. The van der Waals surface area contributed by atoms with E-state index in [1.807, 2.05) is 52.0 Å². The lowest BCUT2D eigenvalue weighted by Gasteiger charge is -2.22. The molecule has 0 aliphatic heterocycles. The fraction of sp³-hybridized carbons (Fsp3) is 0.333. The lowest BCUT2D eigenvalue weighted by Crippen LogP contribution is -2.47. The van der Waals surface area contributed by atoms with Gasteiger partial charge in [-0.2, -0.15) is 0 Å². The normalized spacial score (nSPS) is 11.7. The molecular weight excluding hydrogens is 328 g/mol. The molecule has 0 radical (unpaired) electrons. The Kier molecular flexibility index (Phi) is 6.78. The van der Waals surface area contributed by atoms with Crippen LogP contribution in [0.2, 0.25) is 0 Å². The van der Waals surface area contributed by atoms with Crippen LogP contribution in [0.15, 0.2) is 48.5 Å². The van der Waals surface area contributed by atoms with Gasteiger partial charge < -0.3 is 15.4 Å². The zero-order chi connectivity index (χ0) is 19.1. The minimum atomic E-state index is -0.630. The first-order valence-corrected chi connectivity index (χ1v) is 8.82. The Morgan fingerprint density at radius 2 is 1.77 bits per heavy atom. The van der Waals surface area contributed by atoms with Crippen molar-refractivity contribution in [2.75, 3.05) is 11.9 Å². The highest BCUT2D eigenvalue weighted by Gasteiger charge is 2.24. The molecule has 138 valence electrons. The van der Waals surface area contributed by atoms with Crippen molar-refractivity contribution >= 4 is 17.5 Å². The van der Waals surface area contributed by atoms with Crippen LogP contribution in [0.4, 0.5) is 5.69 Å². The molecule has 0 aliphatic carbocycles. The van der Waals surface area contributed by atoms with E-state index >= 15 is 0 Å². The van der Waals surface area contributed by atoms with Gasteiger partial charge in [0.2, 0.25) is 5.91 Å². The van der Waals surface area contributed by atoms with Crippen molar-refractivity contribution in [3.05, 3.63) is 59.7 Å². The molecule has 0 saturated carbocycles. The summed E-state index contributed by atoms with van der Waals surface area (Å²) >= 11 is 0. The van der Waals surface area contributed by atoms with Crippen LogP contribution in [0.3, 0.4) is 0 Å². The predicted octanol–water partition coefficient (Wildman–Crippen LogP) is 3.79. The van der Waals surface area contributed by atoms with Gasteiger partial charge in [0.15, 0.2) is 0 Å². The van der Waals surface area contributed by atoms with Gasteiger partial charge in [0.1, 0.15) is 11.8 Å². The van der Waals surface area contributed by atoms with E-state index in [1.165, 1.54) is 0 Å². The molecule has 1 unspecified atom stereocenters. The van der Waals surface area contributed by atoms with E-state index in [0.29, 0.717) is 17.9 Å². The molecule has 2 aromatic carbocycles. The fourth-order valence-corrected chi connectivity index (χ4v) is 2.57. The van der Waals surface area contributed by atoms with Crippen LogP contribution in [0.5, 0.6) is 5.75 Å². The Morgan fingerprint density at radius 3 is 2.35 bits per heavy atom. The number of hydrogen-bond donors (Lipinski definition) is 2. The summed E-state index contributed by atoms with van der Waals surface area (Å²) in [5.74, 6) is 0.143. The van der Waals surface area contributed by atoms with Crippen molar-refractivity contribution in [1.29, 1.82) is 0 Å². The van der Waals surface area contributed by atoms with E-state index in [0.717, 1.165) is 11.3 Å². The molecule has 2 amide bonds. The van der Waals surface area contributed by atoms with Crippen molar-refractivity contribution in [2.24, 2.45) is 5.92 Å². The minimum absolute atomic E-state index is 0.0496. The molecule has 0 saturated heterocycles. The van der Waals surface area contributed by atoms with Gasteiger partial charge in [-0.3, -0.25) is 9.59 Å². The summed E-state index contributed by atoms with van der Waals surface area (Å²) in [7, 11) is 0. The molecule has 0 bridgehead atoms. The van der Waals surface area contributed by atoms with Crippen LogP contribution in [-0.2, 0) is 4.79 Å². The van der Waals surface area contributed by atoms with Crippen molar-refractivity contribution in [3.8, 4) is 5.75 Å². The van der Waals surface area contributed by atoms with E-state index in [-0.39, 0.29) is 17.7 Å². The summed E-state index contributed by atoms with van der Waals surface area (Å²) in [6, 6.07) is 13.8. The molecule has 0 aliphatic rings. The van der Waals surface area contributed by atoms with Crippen molar-refractivity contribution < 1.29 is 14.3 Å². The summed E-state index contributed by atoms with van der Waals surface area (Å²) in [6.45, 7) is 8.24. The number of ether oxygens (including phenoxy) is 1. The van der Waals surface area contributed by atoms with E-state index in [9.17, 15) is 9.59 Å². The molecule has 2 N–H and O–H groups in total. The number of amides is 2. The third-order valence-corrected chi connectivity index (χ3v) is 3.95. The Balaban J connectivity index is 2.06. The second kappa shape index (κ2) is 9.04. The first-order valence-electron chi connectivity index (χ1n) is 8.82. The number of aryl methyl sites for hydroxylation is 1. The number of carbonyl (C=O) groups excluding carboxylic acids is 2. The molecule has 2 aromatic rings. The van der Waals surface area contributed by atoms with Gasteiger partial charge in [-0.15, -0.1) is 0 Å². The maximum Gasteiger partial charge on any atom is 0.251 e. The molecule has 0 heterocycles. The van der Waals surface area contributed by atoms with Crippen LogP contribution in [0.25, 0.3) is 0 Å². The van der Waals surface area contributed by atoms with Crippen LogP contribution in [-0.4, -0.2) is 24.5 Å². The molecule has 26 heavy (non-hydrogen) atoms. The van der Waals surface area contributed by atoms with E-state index < -0.39 is 6.04 Å². The van der Waals surface area contributed by atoms with Gasteiger partial charge in [-0.05, 0) is 61.7 Å². The quantitative estimate of drug-likeness (QED) is 0.795. The third kappa shape index (κ3) is 5.34. The summed E-state index contributed by atoms with van der Waals surface area (Å²) in [4.78, 5) is 25.1. The molecule has 0 spiro atoms. The van der Waals surface area contributed by atoms with Crippen LogP contribution < -0.4 is 15.4 Å². The van der Waals surface area contributed by atoms with Gasteiger partial charge in [-0.1, -0.05) is 26.0 Å². The number of nitrogens with one attached hydrogen (secondary N) is 2. The lowest BCUT2D eigenvalue weighted by atomic mass is 10.0. The summed E-state index contributed by atoms with van der Waals surface area (Å²) in [5.41, 5.74) is 2.26. The predicted molar refractivity (Wildman–Crippen MR) is 104 cm³/mol. The fourth-order valence-electron chi connectivity index (χ4n) is 2.57. The van der Waals surface area contributed by atoms with Gasteiger partial charge in [0.05, 0.1) is 6.61 Å². The average molecular weight is 354 g/mol. The number of carbonyl (C=O) groups is 2. The highest BCUT2D eigenvalue weighted by molar-refractivity contribution is 6.01. The summed E-state index contributed by atoms with van der Waals surface area (Å²) in [6.07, 6.45) is 0. The van der Waals surface area contributed by atoms with Crippen LogP contribution >= 0.6 is 0 Å². The van der Waals surface area contributed by atoms with Gasteiger partial charge in [0, 0.05) is 11.3 Å².